The first kappa shape index (κ1) is 16.3. The highest BCUT2D eigenvalue weighted by atomic mass is 16.2. The minimum absolute atomic E-state index is 0.127. The van der Waals surface area contributed by atoms with Crippen molar-refractivity contribution in [3.63, 3.8) is 0 Å². The first-order chi connectivity index (χ1) is 12.6. The van der Waals surface area contributed by atoms with Crippen LogP contribution < -0.4 is 10.2 Å². The Morgan fingerprint density at radius 1 is 1.23 bits per heavy atom. The number of rotatable bonds is 5. The van der Waals surface area contributed by atoms with Crippen LogP contribution in [0.5, 0.6) is 0 Å². The van der Waals surface area contributed by atoms with Gasteiger partial charge in [-0.2, -0.15) is 0 Å². The van der Waals surface area contributed by atoms with Crippen LogP contribution >= 0.6 is 0 Å². The minimum atomic E-state index is -0.599. The second kappa shape index (κ2) is 6.29. The van der Waals surface area contributed by atoms with E-state index in [1.165, 1.54) is 0 Å². The first-order valence-electron chi connectivity index (χ1n) is 8.74. The van der Waals surface area contributed by atoms with Gasteiger partial charge < -0.3 is 9.88 Å². The summed E-state index contributed by atoms with van der Waals surface area (Å²) in [5.74, 6) is -0.315. The first-order valence-corrected chi connectivity index (χ1v) is 8.74. The molecule has 26 heavy (non-hydrogen) atoms. The molecule has 6 nitrogen and oxygen atoms in total. The molecule has 0 saturated carbocycles. The molecule has 2 amide bonds. The second-order valence-corrected chi connectivity index (χ2v) is 6.42. The highest BCUT2D eigenvalue weighted by Crippen LogP contribution is 2.38. The van der Waals surface area contributed by atoms with Gasteiger partial charge in [0.05, 0.1) is 24.3 Å². The largest absolute Gasteiger partial charge is 0.349 e. The molecule has 0 bridgehead atoms. The lowest BCUT2D eigenvalue weighted by Crippen LogP contribution is -2.46. The van der Waals surface area contributed by atoms with E-state index in [1.807, 2.05) is 47.9 Å². The van der Waals surface area contributed by atoms with E-state index in [1.54, 1.807) is 24.3 Å². The molecule has 1 aliphatic rings. The number of carbonyl (C=O) groups excluding carboxylic acids is 2. The fraction of sp³-hybridized carbons (Fsp3) is 0.250. The topological polar surface area (TPSA) is 67.2 Å². The molecule has 1 N–H and O–H groups in total. The third kappa shape index (κ3) is 2.45. The molecule has 2 heterocycles. The Balaban J connectivity index is 1.57. The smallest absolute Gasteiger partial charge is 0.259 e. The predicted octanol–water partition coefficient (Wildman–Crippen LogP) is 2.72. The van der Waals surface area contributed by atoms with E-state index in [0.29, 0.717) is 12.1 Å². The van der Waals surface area contributed by atoms with E-state index in [0.717, 1.165) is 28.7 Å². The summed E-state index contributed by atoms with van der Waals surface area (Å²) in [6, 6.07) is 10.9. The number of hydrogen-bond donors (Lipinski definition) is 1. The van der Waals surface area contributed by atoms with Gasteiger partial charge in [-0.1, -0.05) is 24.3 Å². The Hall–Kier alpha value is -3.15. The zero-order valence-corrected chi connectivity index (χ0v) is 14.8. The maximum Gasteiger partial charge on any atom is 0.259 e. The van der Waals surface area contributed by atoms with Crippen molar-refractivity contribution in [3.05, 3.63) is 60.2 Å². The number of carbonyl (C=O) groups is 2. The van der Waals surface area contributed by atoms with Crippen molar-refractivity contribution in [2.75, 3.05) is 4.90 Å². The summed E-state index contributed by atoms with van der Waals surface area (Å²) >= 11 is 0. The molecule has 0 spiro atoms. The number of benzene rings is 2. The van der Waals surface area contributed by atoms with Gasteiger partial charge in [0.2, 0.25) is 5.91 Å². The van der Waals surface area contributed by atoms with Gasteiger partial charge in [-0.25, -0.2) is 4.98 Å². The number of aromatic nitrogens is 2. The standard InChI is InChI=1S/C20H20N4O2/c1-3-23-12-21-10-15(23)11-22-19(25)13(2)24-17-9-5-7-14-6-4-8-16(18(14)17)20(24)26/h4-10,12-13H,3,11H2,1-2H3,(H,22,25). The number of imidazole rings is 1. The van der Waals surface area contributed by atoms with Crippen molar-refractivity contribution in [1.82, 2.24) is 14.9 Å². The van der Waals surface area contributed by atoms with Crippen molar-refractivity contribution < 1.29 is 9.59 Å². The fourth-order valence-electron chi connectivity index (χ4n) is 3.55. The number of hydrogen-bond acceptors (Lipinski definition) is 3. The molecular weight excluding hydrogens is 328 g/mol. The molecule has 4 rings (SSSR count). The third-order valence-electron chi connectivity index (χ3n) is 4.94. The van der Waals surface area contributed by atoms with Crippen LogP contribution in [-0.4, -0.2) is 27.4 Å². The number of amides is 2. The van der Waals surface area contributed by atoms with Crippen LogP contribution in [0.15, 0.2) is 48.9 Å². The average molecular weight is 348 g/mol. The zero-order valence-electron chi connectivity index (χ0n) is 14.8. The number of anilines is 1. The predicted molar refractivity (Wildman–Crippen MR) is 100.0 cm³/mol. The van der Waals surface area contributed by atoms with Crippen molar-refractivity contribution in [2.45, 2.75) is 33.0 Å². The van der Waals surface area contributed by atoms with Gasteiger partial charge in [-0.05, 0) is 31.4 Å². The van der Waals surface area contributed by atoms with Crippen molar-refractivity contribution in [3.8, 4) is 0 Å². The Morgan fingerprint density at radius 3 is 2.77 bits per heavy atom. The summed E-state index contributed by atoms with van der Waals surface area (Å²) in [5.41, 5.74) is 2.39. The molecule has 132 valence electrons. The highest BCUT2D eigenvalue weighted by Gasteiger charge is 2.35. The van der Waals surface area contributed by atoms with E-state index in [9.17, 15) is 9.59 Å². The van der Waals surface area contributed by atoms with Crippen LogP contribution in [0.3, 0.4) is 0 Å². The van der Waals surface area contributed by atoms with E-state index in [2.05, 4.69) is 10.3 Å². The van der Waals surface area contributed by atoms with E-state index < -0.39 is 6.04 Å². The van der Waals surface area contributed by atoms with Gasteiger partial charge >= 0.3 is 0 Å². The normalized spacial score (nSPS) is 14.1. The molecule has 1 aromatic heterocycles. The molecular formula is C20H20N4O2. The maximum atomic E-state index is 12.9. The Bertz CT molecular complexity index is 1000. The van der Waals surface area contributed by atoms with Gasteiger partial charge in [-0.15, -0.1) is 0 Å². The molecule has 2 aromatic carbocycles. The zero-order chi connectivity index (χ0) is 18.3. The summed E-state index contributed by atoms with van der Waals surface area (Å²) in [7, 11) is 0. The van der Waals surface area contributed by atoms with E-state index in [-0.39, 0.29) is 11.8 Å². The quantitative estimate of drug-likeness (QED) is 0.771. The van der Waals surface area contributed by atoms with Gasteiger partial charge in [0.25, 0.3) is 5.91 Å². The molecule has 0 radical (unpaired) electrons. The summed E-state index contributed by atoms with van der Waals surface area (Å²) in [4.78, 5) is 31.3. The van der Waals surface area contributed by atoms with Gasteiger partial charge in [0.15, 0.2) is 0 Å². The summed E-state index contributed by atoms with van der Waals surface area (Å²) < 4.78 is 1.97. The Morgan fingerprint density at radius 2 is 2.00 bits per heavy atom. The molecule has 0 aliphatic carbocycles. The fourth-order valence-corrected chi connectivity index (χ4v) is 3.55. The summed E-state index contributed by atoms with van der Waals surface area (Å²) in [6.07, 6.45) is 3.48. The lowest BCUT2D eigenvalue weighted by molar-refractivity contribution is -0.122. The van der Waals surface area contributed by atoms with Crippen molar-refractivity contribution >= 4 is 28.3 Å². The lowest BCUT2D eigenvalue weighted by atomic mass is 10.1. The van der Waals surface area contributed by atoms with Crippen LogP contribution in [0.1, 0.15) is 29.9 Å². The van der Waals surface area contributed by atoms with Crippen LogP contribution in [-0.2, 0) is 17.9 Å². The van der Waals surface area contributed by atoms with E-state index >= 15 is 0 Å². The van der Waals surface area contributed by atoms with Crippen LogP contribution in [0, 0.1) is 0 Å². The highest BCUT2D eigenvalue weighted by molar-refractivity contribution is 6.26. The maximum absolute atomic E-state index is 12.9. The SMILES string of the molecule is CCn1cncc1CNC(=O)C(C)N1C(=O)c2cccc3cccc1c23. The van der Waals surface area contributed by atoms with Gasteiger partial charge in [0, 0.05) is 23.7 Å². The van der Waals surface area contributed by atoms with Crippen LogP contribution in [0.2, 0.25) is 0 Å². The number of nitrogens with one attached hydrogen (secondary N) is 1. The Kier molecular flexibility index (Phi) is 3.95. The number of aryl methyl sites for hydroxylation is 1. The molecule has 0 fully saturated rings. The van der Waals surface area contributed by atoms with Gasteiger partial charge in [0.1, 0.15) is 6.04 Å². The third-order valence-corrected chi connectivity index (χ3v) is 4.94. The summed E-state index contributed by atoms with van der Waals surface area (Å²) in [6.45, 7) is 4.96. The lowest BCUT2D eigenvalue weighted by Gasteiger charge is -2.24. The molecule has 1 aliphatic heterocycles. The number of nitrogens with zero attached hydrogens (tertiary/aromatic N) is 3. The van der Waals surface area contributed by atoms with E-state index in [4.69, 9.17) is 0 Å². The van der Waals surface area contributed by atoms with Crippen LogP contribution in [0.25, 0.3) is 10.8 Å². The molecule has 1 atom stereocenters. The monoisotopic (exact) mass is 348 g/mol. The minimum Gasteiger partial charge on any atom is -0.349 e. The van der Waals surface area contributed by atoms with Gasteiger partial charge in [-0.3, -0.25) is 14.5 Å². The van der Waals surface area contributed by atoms with Crippen molar-refractivity contribution in [2.24, 2.45) is 0 Å². The summed E-state index contributed by atoms with van der Waals surface area (Å²) in [5, 5.41) is 4.85. The molecule has 3 aromatic rings. The molecule has 0 saturated heterocycles. The molecule has 6 heteroatoms. The average Bonchev–Trinajstić information content (AvgIpc) is 3.23. The van der Waals surface area contributed by atoms with Crippen molar-refractivity contribution in [1.29, 1.82) is 0 Å². The van der Waals surface area contributed by atoms with Crippen LogP contribution in [0.4, 0.5) is 5.69 Å². The second-order valence-electron chi connectivity index (χ2n) is 6.42. The molecule has 1 unspecified atom stereocenters. The Labute approximate surface area is 151 Å².